The van der Waals surface area contributed by atoms with E-state index in [1.807, 2.05) is 6.92 Å². The van der Waals surface area contributed by atoms with E-state index in [-0.39, 0.29) is 42.1 Å². The highest BCUT2D eigenvalue weighted by molar-refractivity contribution is 14.0. The first-order chi connectivity index (χ1) is 11.6. The van der Waals surface area contributed by atoms with Gasteiger partial charge in [-0.3, -0.25) is 0 Å². The van der Waals surface area contributed by atoms with Crippen molar-refractivity contribution in [1.29, 1.82) is 0 Å². The minimum absolute atomic E-state index is 0. The van der Waals surface area contributed by atoms with Gasteiger partial charge in [-0.05, 0) is 31.2 Å². The van der Waals surface area contributed by atoms with E-state index in [4.69, 9.17) is 4.74 Å². The lowest BCUT2D eigenvalue weighted by molar-refractivity contribution is 0.411. The Kier molecular flexibility index (Phi) is 9.04. The van der Waals surface area contributed by atoms with Crippen LogP contribution in [0.2, 0.25) is 0 Å². The van der Waals surface area contributed by atoms with Crippen LogP contribution in [0.15, 0.2) is 47.5 Å². The maximum Gasteiger partial charge on any atom is 0.191 e. The molecule has 2 aromatic carbocycles. The Morgan fingerprint density at radius 1 is 1.16 bits per heavy atom. The fourth-order valence-corrected chi connectivity index (χ4v) is 2.14. The van der Waals surface area contributed by atoms with Crippen LogP contribution in [0, 0.1) is 5.82 Å². The topological polar surface area (TPSA) is 65.9 Å². The van der Waals surface area contributed by atoms with Crippen LogP contribution in [0.4, 0.5) is 4.39 Å². The van der Waals surface area contributed by atoms with Crippen LogP contribution in [0.5, 0.6) is 11.5 Å². The molecule has 0 spiro atoms. The summed E-state index contributed by atoms with van der Waals surface area (Å²) in [5, 5.41) is 16.1. The lowest BCUT2D eigenvalue weighted by atomic mass is 10.2. The standard InChI is InChI=1S/C18H22FN3O2.HI/c1-3-20-18(21-11-13-6-4-5-7-16(13)19)22-12-14-10-15(24-2)8-9-17(14)23;/h4-10,23H,3,11-12H2,1-2H3,(H2,20,21,22);1H. The largest absolute Gasteiger partial charge is 0.508 e. The molecule has 0 heterocycles. The van der Waals surface area contributed by atoms with E-state index in [1.54, 1.807) is 43.5 Å². The highest BCUT2D eigenvalue weighted by atomic mass is 127. The predicted octanol–water partition coefficient (Wildman–Crippen LogP) is 3.41. The molecular formula is C18H23FIN3O2. The number of aliphatic imine (C=N–C) groups is 1. The molecule has 0 saturated heterocycles. The van der Waals surface area contributed by atoms with Gasteiger partial charge in [-0.1, -0.05) is 18.2 Å². The fraction of sp³-hybridized carbons (Fsp3) is 0.278. The molecule has 2 rings (SSSR count). The zero-order valence-corrected chi connectivity index (χ0v) is 16.6. The molecule has 3 N–H and O–H groups in total. The number of hydrogen-bond donors (Lipinski definition) is 3. The van der Waals surface area contributed by atoms with E-state index in [9.17, 15) is 9.50 Å². The quantitative estimate of drug-likeness (QED) is 0.352. The Bertz CT molecular complexity index is 710. The van der Waals surface area contributed by atoms with E-state index in [1.165, 1.54) is 6.07 Å². The summed E-state index contributed by atoms with van der Waals surface area (Å²) in [4.78, 5) is 4.42. The minimum Gasteiger partial charge on any atom is -0.508 e. The van der Waals surface area contributed by atoms with Crippen molar-refractivity contribution >= 4 is 29.9 Å². The Morgan fingerprint density at radius 2 is 1.92 bits per heavy atom. The molecule has 0 aliphatic heterocycles. The third kappa shape index (κ3) is 6.41. The smallest absolute Gasteiger partial charge is 0.191 e. The van der Waals surface area contributed by atoms with Crippen LogP contribution in [-0.2, 0) is 13.1 Å². The molecule has 7 heteroatoms. The first kappa shape index (κ1) is 21.0. The maximum absolute atomic E-state index is 13.7. The molecule has 136 valence electrons. The minimum atomic E-state index is -0.258. The van der Waals surface area contributed by atoms with Gasteiger partial charge in [-0.15, -0.1) is 24.0 Å². The van der Waals surface area contributed by atoms with Crippen LogP contribution in [0.25, 0.3) is 0 Å². The first-order valence-corrected chi connectivity index (χ1v) is 7.75. The third-order valence-electron chi connectivity index (χ3n) is 3.44. The normalized spacial score (nSPS) is 10.8. The Hall–Kier alpha value is -2.03. The van der Waals surface area contributed by atoms with E-state index in [0.29, 0.717) is 35.9 Å². The van der Waals surface area contributed by atoms with E-state index in [0.717, 1.165) is 0 Å². The van der Waals surface area contributed by atoms with Gasteiger partial charge in [0, 0.05) is 24.2 Å². The van der Waals surface area contributed by atoms with Crippen LogP contribution < -0.4 is 15.4 Å². The Labute approximate surface area is 164 Å². The van der Waals surface area contributed by atoms with Gasteiger partial charge >= 0.3 is 0 Å². The highest BCUT2D eigenvalue weighted by Crippen LogP contribution is 2.23. The number of halogens is 2. The molecule has 0 saturated carbocycles. The number of methoxy groups -OCH3 is 1. The van der Waals surface area contributed by atoms with Gasteiger partial charge in [0.05, 0.1) is 13.7 Å². The summed E-state index contributed by atoms with van der Waals surface area (Å²) in [5.74, 6) is 1.10. The van der Waals surface area contributed by atoms with Gasteiger partial charge < -0.3 is 20.5 Å². The second-order valence-electron chi connectivity index (χ2n) is 5.13. The molecule has 0 aliphatic carbocycles. The zero-order chi connectivity index (χ0) is 17.4. The van der Waals surface area contributed by atoms with Crippen molar-refractivity contribution < 1.29 is 14.2 Å². The number of rotatable bonds is 6. The van der Waals surface area contributed by atoms with Crippen LogP contribution >= 0.6 is 24.0 Å². The van der Waals surface area contributed by atoms with Crippen molar-refractivity contribution in [2.45, 2.75) is 20.0 Å². The molecule has 0 unspecified atom stereocenters. The summed E-state index contributed by atoms with van der Waals surface area (Å²) < 4.78 is 18.8. The van der Waals surface area contributed by atoms with Gasteiger partial charge in [-0.2, -0.15) is 0 Å². The van der Waals surface area contributed by atoms with Gasteiger partial charge in [0.25, 0.3) is 0 Å². The lowest BCUT2D eigenvalue weighted by Gasteiger charge is -2.12. The van der Waals surface area contributed by atoms with Crippen LogP contribution in [0.3, 0.4) is 0 Å². The SMILES string of the molecule is CCNC(=NCc1cc(OC)ccc1O)NCc1ccccc1F.I. The number of phenolic OH excluding ortho intramolecular Hbond substituents is 1. The van der Waals surface area contributed by atoms with Crippen LogP contribution in [-0.4, -0.2) is 24.7 Å². The number of benzene rings is 2. The van der Waals surface area contributed by atoms with Gasteiger partial charge in [0.15, 0.2) is 5.96 Å². The molecule has 0 aliphatic rings. The van der Waals surface area contributed by atoms with Crippen molar-refractivity contribution in [3.8, 4) is 11.5 Å². The molecule has 5 nitrogen and oxygen atoms in total. The van der Waals surface area contributed by atoms with Crippen molar-refractivity contribution in [2.75, 3.05) is 13.7 Å². The van der Waals surface area contributed by atoms with E-state index in [2.05, 4.69) is 15.6 Å². The molecule has 0 atom stereocenters. The average Bonchev–Trinajstić information content (AvgIpc) is 2.60. The summed E-state index contributed by atoms with van der Waals surface area (Å²) in [6.45, 7) is 3.22. The Balaban J connectivity index is 0.00000312. The average molecular weight is 459 g/mol. The highest BCUT2D eigenvalue weighted by Gasteiger charge is 2.05. The predicted molar refractivity (Wildman–Crippen MR) is 108 cm³/mol. The molecule has 0 aromatic heterocycles. The number of guanidine groups is 1. The van der Waals surface area contributed by atoms with Crippen molar-refractivity contribution in [3.63, 3.8) is 0 Å². The van der Waals surface area contributed by atoms with Crippen molar-refractivity contribution in [3.05, 3.63) is 59.4 Å². The number of aromatic hydroxyl groups is 1. The zero-order valence-electron chi connectivity index (χ0n) is 14.3. The number of hydrogen-bond acceptors (Lipinski definition) is 3. The molecular weight excluding hydrogens is 436 g/mol. The molecule has 0 bridgehead atoms. The summed E-state index contributed by atoms with van der Waals surface area (Å²) in [7, 11) is 1.57. The molecule has 0 radical (unpaired) electrons. The summed E-state index contributed by atoms with van der Waals surface area (Å²) >= 11 is 0. The molecule has 0 amide bonds. The van der Waals surface area contributed by atoms with E-state index >= 15 is 0 Å². The number of phenols is 1. The third-order valence-corrected chi connectivity index (χ3v) is 3.44. The monoisotopic (exact) mass is 459 g/mol. The van der Waals surface area contributed by atoms with Crippen molar-refractivity contribution in [2.24, 2.45) is 4.99 Å². The number of nitrogens with one attached hydrogen (secondary N) is 2. The first-order valence-electron chi connectivity index (χ1n) is 7.75. The van der Waals surface area contributed by atoms with Gasteiger partial charge in [-0.25, -0.2) is 9.38 Å². The summed E-state index contributed by atoms with van der Waals surface area (Å²) in [6.07, 6.45) is 0. The van der Waals surface area contributed by atoms with E-state index < -0.39 is 0 Å². The van der Waals surface area contributed by atoms with Crippen molar-refractivity contribution in [1.82, 2.24) is 10.6 Å². The lowest BCUT2D eigenvalue weighted by Crippen LogP contribution is -2.37. The van der Waals surface area contributed by atoms with Crippen LogP contribution in [0.1, 0.15) is 18.1 Å². The molecule has 2 aromatic rings. The summed E-state index contributed by atoms with van der Waals surface area (Å²) in [6, 6.07) is 11.6. The Morgan fingerprint density at radius 3 is 2.60 bits per heavy atom. The van der Waals surface area contributed by atoms with Gasteiger partial charge in [0.1, 0.15) is 17.3 Å². The molecule has 25 heavy (non-hydrogen) atoms. The van der Waals surface area contributed by atoms with Gasteiger partial charge in [0.2, 0.25) is 0 Å². The molecule has 0 fully saturated rings. The second kappa shape index (κ2) is 10.8. The maximum atomic E-state index is 13.7. The number of ether oxygens (including phenoxy) is 1. The second-order valence-corrected chi connectivity index (χ2v) is 5.13. The number of nitrogens with zero attached hydrogens (tertiary/aromatic N) is 1. The summed E-state index contributed by atoms with van der Waals surface area (Å²) in [5.41, 5.74) is 1.21. The fourth-order valence-electron chi connectivity index (χ4n) is 2.14.